The van der Waals surface area contributed by atoms with Gasteiger partial charge in [0.15, 0.2) is 17.3 Å². The molecule has 0 amide bonds. The van der Waals surface area contributed by atoms with Crippen LogP contribution in [0.2, 0.25) is 0 Å². The van der Waals surface area contributed by atoms with Crippen molar-refractivity contribution in [3.63, 3.8) is 0 Å². The topological polar surface area (TPSA) is 106 Å². The molecule has 2 aromatic carbocycles. The molecule has 1 heterocycles. The number of hydrogen-bond acceptors (Lipinski definition) is 6. The Kier molecular flexibility index (Phi) is 8.13. The molecule has 3 aromatic rings. The molecule has 0 radical (unpaired) electrons. The van der Waals surface area contributed by atoms with Crippen LogP contribution >= 0.6 is 0 Å². The van der Waals surface area contributed by atoms with E-state index in [2.05, 4.69) is 10.0 Å². The average Bonchev–Trinajstić information content (AvgIpc) is 2.82. The van der Waals surface area contributed by atoms with E-state index >= 15 is 0 Å². The molecule has 0 aliphatic carbocycles. The Bertz CT molecular complexity index is 1450. The summed E-state index contributed by atoms with van der Waals surface area (Å²) in [6.07, 6.45) is 1.50. The lowest BCUT2D eigenvalue weighted by atomic mass is 10.0. The molecule has 3 rings (SSSR count). The summed E-state index contributed by atoms with van der Waals surface area (Å²) in [5, 5.41) is 2.85. The number of anilines is 2. The van der Waals surface area contributed by atoms with Gasteiger partial charge in [-0.15, -0.1) is 0 Å². The van der Waals surface area contributed by atoms with Crippen LogP contribution in [0.15, 0.2) is 53.5 Å². The van der Waals surface area contributed by atoms with Crippen molar-refractivity contribution < 1.29 is 26.7 Å². The molecule has 0 unspecified atom stereocenters. The highest BCUT2D eigenvalue weighted by molar-refractivity contribution is 7.92. The van der Waals surface area contributed by atoms with Gasteiger partial charge in [-0.3, -0.25) is 14.3 Å². The second kappa shape index (κ2) is 10.9. The second-order valence-corrected chi connectivity index (χ2v) is 10.4. The first-order valence-electron chi connectivity index (χ1n) is 11.1. The van der Waals surface area contributed by atoms with Crippen molar-refractivity contribution in [3.8, 4) is 22.6 Å². The van der Waals surface area contributed by atoms with Gasteiger partial charge in [0, 0.05) is 42.0 Å². The van der Waals surface area contributed by atoms with Gasteiger partial charge in [-0.1, -0.05) is 13.8 Å². The van der Waals surface area contributed by atoms with E-state index in [1.165, 1.54) is 49.0 Å². The van der Waals surface area contributed by atoms with Crippen LogP contribution in [-0.2, 0) is 21.9 Å². The van der Waals surface area contributed by atoms with Crippen LogP contribution in [0.4, 0.5) is 20.2 Å². The maximum Gasteiger partial charge on any atom is 0.273 e. The summed E-state index contributed by atoms with van der Waals surface area (Å²) in [6.45, 7) is 4.93. The lowest BCUT2D eigenvalue weighted by molar-refractivity contribution is -0.120. The van der Waals surface area contributed by atoms with E-state index in [1.54, 1.807) is 13.8 Å². The van der Waals surface area contributed by atoms with Crippen molar-refractivity contribution in [3.05, 3.63) is 70.6 Å². The van der Waals surface area contributed by atoms with Crippen LogP contribution in [-0.4, -0.2) is 31.1 Å². The third-order valence-corrected chi connectivity index (χ3v) is 6.64. The number of nitrogens with zero attached hydrogens (tertiary/aromatic N) is 1. The number of hydrogen-bond donors (Lipinski definition) is 2. The van der Waals surface area contributed by atoms with Gasteiger partial charge in [0.05, 0.1) is 12.3 Å². The molecule has 0 bridgehead atoms. The van der Waals surface area contributed by atoms with Crippen molar-refractivity contribution >= 4 is 27.2 Å². The van der Waals surface area contributed by atoms with Crippen molar-refractivity contribution in [2.45, 2.75) is 20.8 Å². The Hall–Kier alpha value is -3.73. The molecule has 0 fully saturated rings. The monoisotopic (exact) mass is 519 g/mol. The van der Waals surface area contributed by atoms with Crippen LogP contribution in [0.3, 0.4) is 0 Å². The van der Waals surface area contributed by atoms with E-state index in [4.69, 9.17) is 4.74 Å². The number of aromatic nitrogens is 1. The summed E-state index contributed by atoms with van der Waals surface area (Å²) in [5.41, 5.74) is 0.723. The van der Waals surface area contributed by atoms with Gasteiger partial charge in [-0.25, -0.2) is 17.2 Å². The molecular weight excluding hydrogens is 492 g/mol. The molecule has 0 saturated heterocycles. The number of pyridine rings is 1. The fourth-order valence-corrected chi connectivity index (χ4v) is 3.84. The summed E-state index contributed by atoms with van der Waals surface area (Å²) in [6, 6.07) is 8.71. The highest BCUT2D eigenvalue weighted by Gasteiger charge is 2.17. The number of nitrogens with one attached hydrogen (secondary N) is 2. The molecule has 0 aliphatic rings. The average molecular weight is 520 g/mol. The number of halogens is 2. The summed E-state index contributed by atoms with van der Waals surface area (Å²) in [5.74, 6) is -2.28. The van der Waals surface area contributed by atoms with E-state index in [1.807, 2.05) is 0 Å². The molecular formula is C25H27F2N3O5S. The van der Waals surface area contributed by atoms with Crippen molar-refractivity contribution in [2.24, 2.45) is 13.0 Å². The van der Waals surface area contributed by atoms with Gasteiger partial charge in [0.25, 0.3) is 5.56 Å². The Balaban J connectivity index is 2.12. The molecule has 0 atom stereocenters. The Morgan fingerprint density at radius 1 is 1.08 bits per heavy atom. The van der Waals surface area contributed by atoms with Crippen molar-refractivity contribution in [1.82, 2.24) is 4.57 Å². The molecule has 1 aromatic heterocycles. The fraction of sp³-hybridized carbons (Fsp3) is 0.280. The summed E-state index contributed by atoms with van der Waals surface area (Å²) >= 11 is 0. The first kappa shape index (κ1) is 26.9. The maximum atomic E-state index is 14.3. The van der Waals surface area contributed by atoms with Crippen LogP contribution in [0, 0.1) is 17.6 Å². The van der Waals surface area contributed by atoms with E-state index in [9.17, 15) is 26.8 Å². The zero-order valence-electron chi connectivity index (χ0n) is 20.3. The number of aryl methyl sites for hydroxylation is 1. The minimum Gasteiger partial charge on any atom is -0.454 e. The molecule has 192 valence electrons. The first-order chi connectivity index (χ1) is 16.9. The molecule has 0 spiro atoms. The van der Waals surface area contributed by atoms with Crippen LogP contribution in [0.1, 0.15) is 20.8 Å². The van der Waals surface area contributed by atoms with Gasteiger partial charge in [0.2, 0.25) is 10.0 Å². The van der Waals surface area contributed by atoms with Crippen LogP contribution in [0.25, 0.3) is 11.1 Å². The van der Waals surface area contributed by atoms with Crippen LogP contribution < -0.4 is 20.3 Å². The zero-order chi connectivity index (χ0) is 26.6. The highest BCUT2D eigenvalue weighted by Crippen LogP contribution is 2.37. The van der Waals surface area contributed by atoms with E-state index in [0.717, 1.165) is 12.1 Å². The molecule has 2 N–H and O–H groups in total. The second-order valence-electron chi connectivity index (χ2n) is 8.43. The van der Waals surface area contributed by atoms with Crippen molar-refractivity contribution in [2.75, 3.05) is 22.3 Å². The number of ketones is 1. The van der Waals surface area contributed by atoms with Gasteiger partial charge in [-0.2, -0.15) is 0 Å². The van der Waals surface area contributed by atoms with Crippen molar-refractivity contribution in [1.29, 1.82) is 0 Å². The molecule has 8 nitrogen and oxygen atoms in total. The van der Waals surface area contributed by atoms with E-state index in [-0.39, 0.29) is 52.4 Å². The largest absolute Gasteiger partial charge is 0.454 e. The number of Topliss-reactive ketones (excluding diaryl/α,β-unsaturated/α-hetero) is 1. The minimum atomic E-state index is -3.60. The number of rotatable bonds is 10. The minimum absolute atomic E-state index is 0.0587. The number of benzene rings is 2. The molecule has 36 heavy (non-hydrogen) atoms. The molecule has 0 saturated carbocycles. The van der Waals surface area contributed by atoms with E-state index < -0.39 is 21.7 Å². The maximum absolute atomic E-state index is 14.3. The molecule has 0 aliphatic heterocycles. The van der Waals surface area contributed by atoms with Gasteiger partial charge in [0.1, 0.15) is 17.3 Å². The number of sulfonamides is 1. The number of ether oxygens (including phenoxy) is 1. The van der Waals surface area contributed by atoms with Gasteiger partial charge >= 0.3 is 0 Å². The lowest BCUT2D eigenvalue weighted by Gasteiger charge is -2.16. The Morgan fingerprint density at radius 2 is 1.78 bits per heavy atom. The first-order valence-corrected chi connectivity index (χ1v) is 12.8. The highest BCUT2D eigenvalue weighted by atomic mass is 32.2. The van der Waals surface area contributed by atoms with Crippen LogP contribution in [0.5, 0.6) is 11.5 Å². The SMILES string of the molecule is CCS(=O)(=O)Nc1ccc(Oc2ccc(F)cc2F)c(-c2cc(NCC(=O)C(C)C)c(=O)n(C)c2)c1. The predicted molar refractivity (Wildman–Crippen MR) is 135 cm³/mol. The fourth-order valence-electron chi connectivity index (χ4n) is 3.21. The lowest BCUT2D eigenvalue weighted by Crippen LogP contribution is -2.25. The third-order valence-electron chi connectivity index (χ3n) is 5.34. The van der Waals surface area contributed by atoms with Gasteiger partial charge in [-0.05, 0) is 43.3 Å². The third kappa shape index (κ3) is 6.48. The number of carbonyl (C=O) groups is 1. The zero-order valence-corrected chi connectivity index (χ0v) is 21.1. The smallest absolute Gasteiger partial charge is 0.273 e. The quantitative estimate of drug-likeness (QED) is 0.408. The molecule has 11 heteroatoms. The van der Waals surface area contributed by atoms with Gasteiger partial charge < -0.3 is 14.6 Å². The standard InChI is InChI=1S/C25H27F2N3O5S/c1-5-36(33,34)29-18-7-9-23(35-24-8-6-17(26)11-20(24)27)19(12-18)16-10-21(25(32)30(4)14-16)28-13-22(31)15(2)3/h6-12,14-15,28-29H,5,13H2,1-4H3. The number of carbonyl (C=O) groups excluding carboxylic acids is 1. The Labute approximate surface area is 208 Å². The van der Waals surface area contributed by atoms with E-state index in [0.29, 0.717) is 17.2 Å². The summed E-state index contributed by atoms with van der Waals surface area (Å²) in [4.78, 5) is 24.7. The summed E-state index contributed by atoms with van der Waals surface area (Å²) in [7, 11) is -2.08. The summed E-state index contributed by atoms with van der Waals surface area (Å²) < 4.78 is 61.3. The Morgan fingerprint density at radius 3 is 2.42 bits per heavy atom. The predicted octanol–water partition coefficient (Wildman–Crippen LogP) is 4.52. The normalized spacial score (nSPS) is 11.4.